The molecular weight excluding hydrogens is 348 g/mol. The number of aromatic nitrogens is 1. The fourth-order valence-corrected chi connectivity index (χ4v) is 3.59. The summed E-state index contributed by atoms with van der Waals surface area (Å²) >= 11 is 1.72. The lowest BCUT2D eigenvalue weighted by atomic mass is 9.84. The molecule has 0 saturated heterocycles. The van der Waals surface area contributed by atoms with Crippen molar-refractivity contribution in [1.82, 2.24) is 15.6 Å². The molecule has 1 aliphatic rings. The molecule has 0 amide bonds. The van der Waals surface area contributed by atoms with E-state index in [2.05, 4.69) is 53.5 Å². The number of aryl methyl sites for hydroxylation is 2. The molecule has 0 radical (unpaired) electrons. The topological polar surface area (TPSA) is 67.8 Å². The van der Waals surface area contributed by atoms with Crippen LogP contribution >= 0.6 is 11.3 Å². The van der Waals surface area contributed by atoms with Crippen LogP contribution in [0.15, 0.2) is 23.2 Å². The number of ether oxygens (including phenoxy) is 2. The molecule has 1 aliphatic heterocycles. The Morgan fingerprint density at radius 2 is 2.00 bits per heavy atom. The van der Waals surface area contributed by atoms with Crippen molar-refractivity contribution < 1.29 is 9.47 Å². The van der Waals surface area contributed by atoms with Gasteiger partial charge < -0.3 is 20.1 Å². The van der Waals surface area contributed by atoms with Crippen molar-refractivity contribution in [3.63, 3.8) is 0 Å². The summed E-state index contributed by atoms with van der Waals surface area (Å²) in [5.41, 5.74) is 2.20. The van der Waals surface area contributed by atoms with Crippen LogP contribution in [0.2, 0.25) is 0 Å². The third-order valence-corrected chi connectivity index (χ3v) is 5.63. The summed E-state index contributed by atoms with van der Waals surface area (Å²) in [5, 5.41) is 7.81. The molecule has 0 fully saturated rings. The van der Waals surface area contributed by atoms with Crippen LogP contribution in [0.5, 0.6) is 11.5 Å². The highest BCUT2D eigenvalue weighted by Gasteiger charge is 2.24. The van der Waals surface area contributed by atoms with E-state index in [0.717, 1.165) is 34.7 Å². The zero-order valence-corrected chi connectivity index (χ0v) is 16.8. The standard InChI is InChI=1S/C19H26N4O2S/c1-12-13(2)26-17(23-12)9-21-18(20-5)22-10-19(3,4)14-6-7-15-16(8-14)25-11-24-15/h6-8H,9-11H2,1-5H3,(H2,20,21,22). The maximum Gasteiger partial charge on any atom is 0.231 e. The minimum absolute atomic E-state index is 0.0903. The van der Waals surface area contributed by atoms with Gasteiger partial charge in [0.25, 0.3) is 0 Å². The third-order valence-electron chi connectivity index (χ3n) is 4.56. The quantitative estimate of drug-likeness (QED) is 0.622. The molecule has 0 saturated carbocycles. The minimum atomic E-state index is -0.0903. The van der Waals surface area contributed by atoms with Crippen LogP contribution in [-0.4, -0.2) is 31.3 Å². The van der Waals surface area contributed by atoms with E-state index < -0.39 is 0 Å². The maximum absolute atomic E-state index is 5.50. The number of nitrogens with zero attached hydrogens (tertiary/aromatic N) is 2. The number of nitrogens with one attached hydrogen (secondary N) is 2. The molecule has 7 heteroatoms. The molecule has 1 aromatic carbocycles. The van der Waals surface area contributed by atoms with Crippen LogP contribution in [-0.2, 0) is 12.0 Å². The van der Waals surface area contributed by atoms with Gasteiger partial charge in [-0.25, -0.2) is 4.98 Å². The van der Waals surface area contributed by atoms with Crippen molar-refractivity contribution in [3.05, 3.63) is 39.3 Å². The van der Waals surface area contributed by atoms with Gasteiger partial charge in [0.15, 0.2) is 17.5 Å². The highest BCUT2D eigenvalue weighted by atomic mass is 32.1. The number of fused-ring (bicyclic) bond motifs is 1. The second-order valence-electron chi connectivity index (χ2n) is 6.98. The lowest BCUT2D eigenvalue weighted by Crippen LogP contribution is -2.43. The van der Waals surface area contributed by atoms with Gasteiger partial charge >= 0.3 is 0 Å². The molecule has 2 heterocycles. The molecule has 0 atom stereocenters. The van der Waals surface area contributed by atoms with E-state index in [9.17, 15) is 0 Å². The predicted octanol–water partition coefficient (Wildman–Crippen LogP) is 3.13. The van der Waals surface area contributed by atoms with Gasteiger partial charge in [0.05, 0.1) is 12.2 Å². The van der Waals surface area contributed by atoms with Crippen molar-refractivity contribution in [3.8, 4) is 11.5 Å². The largest absolute Gasteiger partial charge is 0.454 e. The number of guanidine groups is 1. The van der Waals surface area contributed by atoms with Crippen LogP contribution in [0.1, 0.15) is 35.0 Å². The first-order valence-electron chi connectivity index (χ1n) is 8.66. The van der Waals surface area contributed by atoms with Gasteiger partial charge in [0.1, 0.15) is 5.01 Å². The van der Waals surface area contributed by atoms with Crippen molar-refractivity contribution >= 4 is 17.3 Å². The molecule has 2 N–H and O–H groups in total. The highest BCUT2D eigenvalue weighted by molar-refractivity contribution is 7.11. The van der Waals surface area contributed by atoms with Gasteiger partial charge in [-0.15, -0.1) is 11.3 Å². The van der Waals surface area contributed by atoms with E-state index in [4.69, 9.17) is 9.47 Å². The first-order chi connectivity index (χ1) is 12.4. The SMILES string of the molecule is CN=C(NCc1nc(C)c(C)s1)NCC(C)(C)c1ccc2c(c1)OCO2. The van der Waals surface area contributed by atoms with Gasteiger partial charge in [0, 0.05) is 23.9 Å². The number of thiazole rings is 1. The number of benzene rings is 1. The lowest BCUT2D eigenvalue weighted by Gasteiger charge is -2.27. The molecule has 0 spiro atoms. The predicted molar refractivity (Wildman–Crippen MR) is 105 cm³/mol. The molecule has 0 aliphatic carbocycles. The van der Waals surface area contributed by atoms with E-state index in [1.807, 2.05) is 13.0 Å². The monoisotopic (exact) mass is 374 g/mol. The molecule has 26 heavy (non-hydrogen) atoms. The first kappa shape index (κ1) is 18.5. The number of rotatable bonds is 5. The number of hydrogen-bond donors (Lipinski definition) is 2. The Morgan fingerprint density at radius 3 is 2.69 bits per heavy atom. The summed E-state index contributed by atoms with van der Waals surface area (Å²) in [6.07, 6.45) is 0. The number of aliphatic imine (C=N–C) groups is 1. The van der Waals surface area contributed by atoms with Crippen molar-refractivity contribution in [2.45, 2.75) is 39.7 Å². The van der Waals surface area contributed by atoms with Gasteiger partial charge in [0.2, 0.25) is 6.79 Å². The zero-order valence-electron chi connectivity index (χ0n) is 16.0. The molecular formula is C19H26N4O2S. The van der Waals surface area contributed by atoms with E-state index in [1.54, 1.807) is 18.4 Å². The fraction of sp³-hybridized carbons (Fsp3) is 0.474. The van der Waals surface area contributed by atoms with Crippen molar-refractivity contribution in [2.75, 3.05) is 20.4 Å². The van der Waals surface area contributed by atoms with Gasteiger partial charge in [-0.05, 0) is 31.5 Å². The summed E-state index contributed by atoms with van der Waals surface area (Å²) < 4.78 is 10.9. The molecule has 3 rings (SSSR count). The number of hydrogen-bond acceptors (Lipinski definition) is 5. The van der Waals surface area contributed by atoms with Gasteiger partial charge in [-0.3, -0.25) is 4.99 Å². The first-order valence-corrected chi connectivity index (χ1v) is 9.48. The smallest absolute Gasteiger partial charge is 0.231 e. The summed E-state index contributed by atoms with van der Waals surface area (Å²) in [7, 11) is 1.78. The van der Waals surface area contributed by atoms with Crippen LogP contribution in [0.4, 0.5) is 0 Å². The van der Waals surface area contributed by atoms with Gasteiger partial charge in [-0.2, -0.15) is 0 Å². The molecule has 6 nitrogen and oxygen atoms in total. The fourth-order valence-electron chi connectivity index (χ4n) is 2.72. The Balaban J connectivity index is 1.58. The average Bonchev–Trinajstić information content (AvgIpc) is 3.21. The van der Waals surface area contributed by atoms with E-state index >= 15 is 0 Å². The molecule has 0 bridgehead atoms. The summed E-state index contributed by atoms with van der Waals surface area (Å²) in [5.74, 6) is 2.39. The van der Waals surface area contributed by atoms with Crippen LogP contribution in [0.25, 0.3) is 0 Å². The summed E-state index contributed by atoms with van der Waals surface area (Å²) in [6, 6.07) is 6.12. The van der Waals surface area contributed by atoms with E-state index in [-0.39, 0.29) is 5.41 Å². The Kier molecular flexibility index (Phi) is 5.36. The molecule has 140 valence electrons. The molecule has 1 aromatic heterocycles. The van der Waals surface area contributed by atoms with Crippen LogP contribution in [0, 0.1) is 13.8 Å². The highest BCUT2D eigenvalue weighted by Crippen LogP contribution is 2.36. The minimum Gasteiger partial charge on any atom is -0.454 e. The Labute approximate surface area is 158 Å². The lowest BCUT2D eigenvalue weighted by molar-refractivity contribution is 0.174. The summed E-state index contributed by atoms with van der Waals surface area (Å²) in [4.78, 5) is 10.1. The van der Waals surface area contributed by atoms with E-state index in [1.165, 1.54) is 10.4 Å². The molecule has 0 unspecified atom stereocenters. The molecule has 2 aromatic rings. The van der Waals surface area contributed by atoms with Gasteiger partial charge in [-0.1, -0.05) is 19.9 Å². The second-order valence-corrected chi connectivity index (χ2v) is 8.27. The van der Waals surface area contributed by atoms with Crippen molar-refractivity contribution in [1.29, 1.82) is 0 Å². The Morgan fingerprint density at radius 1 is 1.23 bits per heavy atom. The third kappa shape index (κ3) is 4.09. The maximum atomic E-state index is 5.50. The Bertz CT molecular complexity index is 794. The normalized spacial score (nSPS) is 13.8. The van der Waals surface area contributed by atoms with Crippen LogP contribution < -0.4 is 20.1 Å². The zero-order chi connectivity index (χ0) is 18.7. The Hall–Kier alpha value is -2.28. The second kappa shape index (κ2) is 7.53. The summed E-state index contributed by atoms with van der Waals surface area (Å²) in [6.45, 7) is 10.2. The van der Waals surface area contributed by atoms with Crippen LogP contribution in [0.3, 0.4) is 0 Å². The average molecular weight is 375 g/mol. The van der Waals surface area contributed by atoms with Crippen molar-refractivity contribution in [2.24, 2.45) is 4.99 Å². The van der Waals surface area contributed by atoms with E-state index in [0.29, 0.717) is 13.3 Å².